The van der Waals surface area contributed by atoms with Crippen molar-refractivity contribution in [2.75, 3.05) is 0 Å². The van der Waals surface area contributed by atoms with Crippen LogP contribution < -0.4 is 10.6 Å². The van der Waals surface area contributed by atoms with Crippen molar-refractivity contribution in [2.24, 2.45) is 0 Å². The van der Waals surface area contributed by atoms with Gasteiger partial charge in [-0.05, 0) is 33.3 Å². The van der Waals surface area contributed by atoms with Crippen LogP contribution in [-0.2, 0) is 20.9 Å². The summed E-state index contributed by atoms with van der Waals surface area (Å²) < 4.78 is 10.0. The van der Waals surface area contributed by atoms with Crippen molar-refractivity contribution in [3.63, 3.8) is 0 Å². The number of hydrogen-bond donors (Lipinski definition) is 3. The molecule has 0 radical (unpaired) electrons. The summed E-state index contributed by atoms with van der Waals surface area (Å²) >= 11 is 0. The summed E-state index contributed by atoms with van der Waals surface area (Å²) in [6.07, 6.45) is -1.67. The van der Waals surface area contributed by atoms with Crippen LogP contribution in [0.15, 0.2) is 30.3 Å². The number of carboxylic acids is 1. The van der Waals surface area contributed by atoms with Crippen LogP contribution in [0.3, 0.4) is 0 Å². The highest BCUT2D eigenvalue weighted by atomic mass is 16.6. The normalized spacial score (nSPS) is 13.3. The molecule has 0 aliphatic carbocycles. The zero-order valence-corrected chi connectivity index (χ0v) is 14.7. The fourth-order valence-corrected chi connectivity index (χ4v) is 1.87. The molecule has 0 heterocycles. The van der Waals surface area contributed by atoms with Gasteiger partial charge < -0.3 is 25.2 Å². The van der Waals surface area contributed by atoms with E-state index in [1.165, 1.54) is 6.92 Å². The van der Waals surface area contributed by atoms with Gasteiger partial charge >= 0.3 is 18.2 Å². The first-order chi connectivity index (χ1) is 11.6. The highest BCUT2D eigenvalue weighted by Crippen LogP contribution is 2.07. The van der Waals surface area contributed by atoms with Gasteiger partial charge in [0.25, 0.3) is 0 Å². The van der Waals surface area contributed by atoms with Crippen LogP contribution in [0.1, 0.15) is 33.3 Å². The molecule has 0 spiro atoms. The Morgan fingerprint density at radius 1 is 1.08 bits per heavy atom. The Hall–Kier alpha value is -2.77. The van der Waals surface area contributed by atoms with Crippen LogP contribution >= 0.6 is 0 Å². The maximum absolute atomic E-state index is 11.8. The Morgan fingerprint density at radius 2 is 1.68 bits per heavy atom. The molecule has 1 aromatic carbocycles. The van der Waals surface area contributed by atoms with E-state index >= 15 is 0 Å². The number of rotatable bonds is 6. The van der Waals surface area contributed by atoms with E-state index < -0.39 is 35.8 Å². The average molecular weight is 352 g/mol. The van der Waals surface area contributed by atoms with Crippen molar-refractivity contribution in [3.8, 4) is 0 Å². The summed E-state index contributed by atoms with van der Waals surface area (Å²) in [6, 6.07) is 6.77. The van der Waals surface area contributed by atoms with Gasteiger partial charge in [-0.1, -0.05) is 30.3 Å². The minimum atomic E-state index is -1.36. The zero-order valence-electron chi connectivity index (χ0n) is 14.7. The van der Waals surface area contributed by atoms with Crippen LogP contribution in [0.4, 0.5) is 9.59 Å². The molecule has 138 valence electrons. The van der Waals surface area contributed by atoms with Crippen LogP contribution in [0, 0.1) is 0 Å². The molecule has 3 N–H and O–H groups in total. The first-order valence-corrected chi connectivity index (χ1v) is 7.78. The standard InChI is InChI=1S/C17H24N2O6/c1-11(13(14(20)21)19-16(23)25-17(2,3)4)18-15(22)24-10-12-8-6-5-7-9-12/h5-9,11,13H,10H2,1-4H3,(H,18,22)(H,19,23)(H,20,21)/t11?,13-/m0/s1. The first kappa shape index (κ1) is 20.3. The Kier molecular flexibility index (Phi) is 7.22. The van der Waals surface area contributed by atoms with Crippen molar-refractivity contribution in [3.05, 3.63) is 35.9 Å². The molecule has 8 heteroatoms. The lowest BCUT2D eigenvalue weighted by atomic mass is 10.1. The lowest BCUT2D eigenvalue weighted by Gasteiger charge is -2.25. The smallest absolute Gasteiger partial charge is 0.408 e. The van der Waals surface area contributed by atoms with Crippen molar-refractivity contribution in [2.45, 2.75) is 52.0 Å². The minimum Gasteiger partial charge on any atom is -0.480 e. The van der Waals surface area contributed by atoms with E-state index in [1.54, 1.807) is 32.9 Å². The summed E-state index contributed by atoms with van der Waals surface area (Å²) in [6.45, 7) is 6.47. The Balaban J connectivity index is 2.55. The number of carbonyl (C=O) groups excluding carboxylic acids is 2. The number of amides is 2. The van der Waals surface area contributed by atoms with E-state index in [2.05, 4.69) is 10.6 Å². The second kappa shape index (κ2) is 8.91. The van der Waals surface area contributed by atoms with E-state index in [0.29, 0.717) is 0 Å². The van der Waals surface area contributed by atoms with Crippen LogP contribution in [0.2, 0.25) is 0 Å². The molecule has 0 aliphatic heterocycles. The number of hydrogen-bond acceptors (Lipinski definition) is 5. The molecule has 0 saturated carbocycles. The maximum atomic E-state index is 11.8. The van der Waals surface area contributed by atoms with E-state index in [-0.39, 0.29) is 6.61 Å². The number of alkyl carbamates (subject to hydrolysis) is 2. The molecule has 1 aromatic rings. The molecular weight excluding hydrogens is 328 g/mol. The van der Waals surface area contributed by atoms with Gasteiger partial charge in [0.1, 0.15) is 18.2 Å². The molecule has 0 bridgehead atoms. The maximum Gasteiger partial charge on any atom is 0.408 e. The molecule has 1 unspecified atom stereocenters. The van der Waals surface area contributed by atoms with Gasteiger partial charge in [-0.25, -0.2) is 14.4 Å². The van der Waals surface area contributed by atoms with Gasteiger partial charge in [-0.3, -0.25) is 0 Å². The molecule has 0 aromatic heterocycles. The first-order valence-electron chi connectivity index (χ1n) is 7.78. The Morgan fingerprint density at radius 3 is 2.20 bits per heavy atom. The third-order valence-corrected chi connectivity index (χ3v) is 3.00. The Bertz CT molecular complexity index is 597. The van der Waals surface area contributed by atoms with Gasteiger partial charge in [0.15, 0.2) is 0 Å². The van der Waals surface area contributed by atoms with E-state index in [0.717, 1.165) is 5.56 Å². The van der Waals surface area contributed by atoms with Gasteiger partial charge in [-0.15, -0.1) is 0 Å². The number of benzene rings is 1. The van der Waals surface area contributed by atoms with E-state index in [9.17, 15) is 19.5 Å². The second-order valence-electron chi connectivity index (χ2n) is 6.46. The van der Waals surface area contributed by atoms with Crippen LogP contribution in [0.25, 0.3) is 0 Å². The van der Waals surface area contributed by atoms with Crippen LogP contribution in [0.5, 0.6) is 0 Å². The van der Waals surface area contributed by atoms with Crippen molar-refractivity contribution < 1.29 is 29.0 Å². The highest BCUT2D eigenvalue weighted by molar-refractivity contribution is 5.81. The quantitative estimate of drug-likeness (QED) is 0.724. The molecule has 0 aliphatic rings. The van der Waals surface area contributed by atoms with Crippen molar-refractivity contribution in [1.29, 1.82) is 0 Å². The zero-order chi connectivity index (χ0) is 19.0. The van der Waals surface area contributed by atoms with Crippen molar-refractivity contribution >= 4 is 18.2 Å². The van der Waals surface area contributed by atoms with Gasteiger partial charge in [0.05, 0.1) is 6.04 Å². The molecule has 2 atom stereocenters. The minimum absolute atomic E-state index is 0.0522. The molecular formula is C17H24N2O6. The number of carbonyl (C=O) groups is 3. The second-order valence-corrected chi connectivity index (χ2v) is 6.46. The van der Waals surface area contributed by atoms with Gasteiger partial charge in [-0.2, -0.15) is 0 Å². The molecule has 8 nitrogen and oxygen atoms in total. The van der Waals surface area contributed by atoms with Gasteiger partial charge in [0, 0.05) is 0 Å². The summed E-state index contributed by atoms with van der Waals surface area (Å²) in [5.74, 6) is -1.30. The van der Waals surface area contributed by atoms with E-state index in [1.807, 2.05) is 18.2 Å². The summed E-state index contributed by atoms with van der Waals surface area (Å²) in [5, 5.41) is 13.9. The largest absolute Gasteiger partial charge is 0.480 e. The molecule has 25 heavy (non-hydrogen) atoms. The molecule has 0 saturated heterocycles. The van der Waals surface area contributed by atoms with Crippen molar-refractivity contribution in [1.82, 2.24) is 10.6 Å². The summed E-state index contributed by atoms with van der Waals surface area (Å²) in [4.78, 5) is 34.9. The highest BCUT2D eigenvalue weighted by Gasteiger charge is 2.30. The Labute approximate surface area is 146 Å². The molecule has 2 amide bonds. The lowest BCUT2D eigenvalue weighted by Crippen LogP contribution is -2.55. The number of carboxylic acid groups (broad SMARTS) is 1. The van der Waals surface area contributed by atoms with Gasteiger partial charge in [0.2, 0.25) is 0 Å². The predicted molar refractivity (Wildman–Crippen MR) is 90.0 cm³/mol. The fraction of sp³-hybridized carbons (Fsp3) is 0.471. The summed E-state index contributed by atoms with van der Waals surface area (Å²) in [7, 11) is 0. The molecule has 1 rings (SSSR count). The van der Waals surface area contributed by atoms with E-state index in [4.69, 9.17) is 9.47 Å². The summed E-state index contributed by atoms with van der Waals surface area (Å²) in [5.41, 5.74) is 0.0327. The lowest BCUT2D eigenvalue weighted by molar-refractivity contribution is -0.140. The number of nitrogens with one attached hydrogen (secondary N) is 2. The fourth-order valence-electron chi connectivity index (χ4n) is 1.87. The topological polar surface area (TPSA) is 114 Å². The molecule has 0 fully saturated rings. The number of ether oxygens (including phenoxy) is 2. The average Bonchev–Trinajstić information content (AvgIpc) is 2.49. The SMILES string of the molecule is CC(NC(=O)OCc1ccccc1)[C@H](NC(=O)OC(C)(C)C)C(=O)O. The number of aliphatic carboxylic acids is 1. The third kappa shape index (κ3) is 8.05. The predicted octanol–water partition coefficient (Wildman–Crippen LogP) is 2.28. The monoisotopic (exact) mass is 352 g/mol. The van der Waals surface area contributed by atoms with Crippen LogP contribution in [-0.4, -0.2) is 40.9 Å². The third-order valence-electron chi connectivity index (χ3n) is 3.00.